The average molecular weight is 1030 g/mol. The zero-order valence-corrected chi connectivity index (χ0v) is 41.9. The quantitative estimate of drug-likeness (QED) is 0.0566. The summed E-state index contributed by atoms with van der Waals surface area (Å²) < 4.78 is 64.2. The van der Waals surface area contributed by atoms with Crippen LogP contribution in [0.3, 0.4) is 0 Å². The number of aryl methyl sites for hydroxylation is 1. The average Bonchev–Trinajstić information content (AvgIpc) is 4.05. The van der Waals surface area contributed by atoms with E-state index in [1.807, 2.05) is 4.90 Å². The number of amides is 3. The van der Waals surface area contributed by atoms with Gasteiger partial charge in [0.05, 0.1) is 59.6 Å². The van der Waals surface area contributed by atoms with Crippen LogP contribution in [0, 0.1) is 24.0 Å². The lowest BCUT2D eigenvalue weighted by Gasteiger charge is -2.38. The number of carbonyl (C=O) groups is 3. The number of β-amino-alcohol motifs (C(OH)–C–C–N with tert-alkyl or cyclic N) is 1. The van der Waals surface area contributed by atoms with Crippen molar-refractivity contribution in [1.82, 2.24) is 39.6 Å². The van der Waals surface area contributed by atoms with Crippen molar-refractivity contribution >= 4 is 56.4 Å². The number of rotatable bonds is 18. The normalized spacial score (nSPS) is 21.9. The predicted molar refractivity (Wildman–Crippen MR) is 272 cm³/mol. The van der Waals surface area contributed by atoms with Crippen LogP contribution in [-0.2, 0) is 30.8 Å². The SMILES string of the molecule is C#Cc1c(F)ccc2cccc(-c3ncc4c(N5CCC[C@@](C)(O)C5)nc(OC[C@@]56CCCN5[C@H](COC(=O)NCCOCCOCCOc5ccc7c(c5)n(C)c(=O)n7C5CCC(=O)NC5=O)CC6)nc4c3F)c12. The topological polar surface area (TPSA) is 214 Å². The van der Waals surface area contributed by atoms with Crippen molar-refractivity contribution in [3.63, 3.8) is 0 Å². The Morgan fingerprint density at radius 2 is 1.77 bits per heavy atom. The molecule has 4 aliphatic rings. The number of alkyl carbamates (subject to hydrolysis) is 1. The van der Waals surface area contributed by atoms with Crippen LogP contribution in [0.25, 0.3) is 44.0 Å². The lowest BCUT2D eigenvalue weighted by atomic mass is 9.95. The molecule has 19 nitrogen and oxygen atoms in total. The summed E-state index contributed by atoms with van der Waals surface area (Å²) in [5, 5.41) is 17.5. The Kier molecular flexibility index (Phi) is 14.7. The van der Waals surface area contributed by atoms with Crippen LogP contribution < -0.4 is 30.7 Å². The largest absolute Gasteiger partial charge is 0.491 e. The maximum absolute atomic E-state index is 17.1. The van der Waals surface area contributed by atoms with Gasteiger partial charge in [0, 0.05) is 62.4 Å². The second kappa shape index (κ2) is 21.5. The monoisotopic (exact) mass is 1030 g/mol. The lowest BCUT2D eigenvalue weighted by Crippen LogP contribution is -2.48. The number of carbonyl (C=O) groups excluding carboxylic acids is 3. The lowest BCUT2D eigenvalue weighted by molar-refractivity contribution is -0.135. The Hall–Kier alpha value is -7.25. The molecule has 0 aliphatic carbocycles. The molecule has 0 radical (unpaired) electrons. The number of terminal acetylenes is 1. The first-order valence-corrected chi connectivity index (χ1v) is 25.4. The molecule has 4 aliphatic heterocycles. The number of nitrogens with zero attached hydrogens (tertiary/aromatic N) is 7. The molecule has 4 atom stereocenters. The minimum atomic E-state index is -1.00. The van der Waals surface area contributed by atoms with E-state index in [1.54, 1.807) is 56.4 Å². The summed E-state index contributed by atoms with van der Waals surface area (Å²) in [7, 11) is 1.62. The van der Waals surface area contributed by atoms with Gasteiger partial charge in [0.25, 0.3) is 0 Å². The second-order valence-electron chi connectivity index (χ2n) is 19.9. The van der Waals surface area contributed by atoms with Gasteiger partial charge in [-0.2, -0.15) is 9.97 Å². The van der Waals surface area contributed by atoms with Crippen molar-refractivity contribution in [2.75, 3.05) is 77.3 Å². The molecule has 21 heteroatoms. The maximum atomic E-state index is 17.1. The number of aliphatic hydroxyl groups is 1. The van der Waals surface area contributed by atoms with Crippen LogP contribution in [0.15, 0.2) is 59.5 Å². The number of anilines is 1. The number of aromatic nitrogens is 5. The van der Waals surface area contributed by atoms with Crippen molar-refractivity contribution in [3.8, 4) is 35.4 Å². The summed E-state index contributed by atoms with van der Waals surface area (Å²) in [6.07, 6.45) is 11.7. The molecule has 7 heterocycles. The van der Waals surface area contributed by atoms with Crippen molar-refractivity contribution in [1.29, 1.82) is 0 Å². The van der Waals surface area contributed by atoms with Crippen LogP contribution in [0.1, 0.15) is 69.9 Å². The molecule has 4 fully saturated rings. The number of imide groups is 1. The first-order chi connectivity index (χ1) is 36.2. The third-order valence-corrected chi connectivity index (χ3v) is 14.9. The van der Waals surface area contributed by atoms with Crippen LogP contribution in [0.4, 0.5) is 19.4 Å². The molecule has 3 N–H and O–H groups in total. The van der Waals surface area contributed by atoms with Gasteiger partial charge in [-0.1, -0.05) is 30.2 Å². The van der Waals surface area contributed by atoms with E-state index in [-0.39, 0.29) is 105 Å². The van der Waals surface area contributed by atoms with E-state index in [0.717, 1.165) is 32.2 Å². The first kappa shape index (κ1) is 51.2. The van der Waals surface area contributed by atoms with Gasteiger partial charge < -0.3 is 39.0 Å². The Labute approximate surface area is 430 Å². The Bertz CT molecular complexity index is 3290. The van der Waals surface area contributed by atoms with Gasteiger partial charge in [0.1, 0.15) is 54.5 Å². The number of piperidine rings is 2. The molecule has 394 valence electrons. The molecule has 3 aromatic heterocycles. The highest BCUT2D eigenvalue weighted by Crippen LogP contribution is 2.44. The fourth-order valence-electron chi connectivity index (χ4n) is 11.2. The highest BCUT2D eigenvalue weighted by molar-refractivity contribution is 6.02. The van der Waals surface area contributed by atoms with E-state index < -0.39 is 35.3 Å². The first-order valence-electron chi connectivity index (χ1n) is 25.4. The summed E-state index contributed by atoms with van der Waals surface area (Å²) in [4.78, 5) is 68.2. The van der Waals surface area contributed by atoms with E-state index >= 15 is 4.39 Å². The smallest absolute Gasteiger partial charge is 0.407 e. The molecule has 4 saturated heterocycles. The number of fused-ring (bicyclic) bond motifs is 4. The van der Waals surface area contributed by atoms with Crippen LogP contribution >= 0.6 is 0 Å². The van der Waals surface area contributed by atoms with E-state index in [0.29, 0.717) is 76.9 Å². The Morgan fingerprint density at radius 1 is 0.960 bits per heavy atom. The van der Waals surface area contributed by atoms with Crippen molar-refractivity contribution < 1.29 is 52.0 Å². The fourth-order valence-corrected chi connectivity index (χ4v) is 11.2. The summed E-state index contributed by atoms with van der Waals surface area (Å²) in [5.74, 6) is 1.15. The molecule has 75 heavy (non-hydrogen) atoms. The standard InChI is InChI=1S/C54H59F2N9O10/c1-4-36-39(55)12-10-33-8-5-9-37(44(33)36)46-45(56)47-38(29-58-46)48(63-21-6-17-53(2,70)31-63)61-50(60-47)75-32-54-18-7-22-64(54)34(16-19-54)30-74-51(68)57-20-23-71-24-25-72-26-27-73-35-11-13-40-42(28-35)62(3)52(69)65(40)41-14-15-43(66)59-49(41)67/h1,5,8-13,28-29,34,41,70H,6-7,14-27,30-32H2,2-3H3,(H,57,68)(H,59,66,67)/t34-,41?,53+,54-/m0/s1. The summed E-state index contributed by atoms with van der Waals surface area (Å²) in [5.41, 5.74) is -0.345. The van der Waals surface area contributed by atoms with Gasteiger partial charge in [0.2, 0.25) is 11.8 Å². The van der Waals surface area contributed by atoms with E-state index in [2.05, 4.69) is 31.4 Å². The minimum Gasteiger partial charge on any atom is -0.491 e. The number of nitrogens with one attached hydrogen (secondary N) is 2. The molecule has 0 saturated carbocycles. The molecule has 1 unspecified atom stereocenters. The van der Waals surface area contributed by atoms with E-state index in [1.165, 1.54) is 21.4 Å². The third kappa shape index (κ3) is 10.4. The number of halogens is 2. The molecule has 0 spiro atoms. The van der Waals surface area contributed by atoms with Gasteiger partial charge in [-0.3, -0.25) is 33.9 Å². The molecular formula is C54H59F2N9O10. The summed E-state index contributed by atoms with van der Waals surface area (Å²) >= 11 is 0. The molecular weight excluding hydrogens is 973 g/mol. The van der Waals surface area contributed by atoms with Gasteiger partial charge in [0.15, 0.2) is 5.82 Å². The van der Waals surface area contributed by atoms with Crippen molar-refractivity contribution in [2.24, 2.45) is 7.05 Å². The third-order valence-electron chi connectivity index (χ3n) is 14.9. The fraction of sp³-hybridized carbons (Fsp3) is 0.463. The molecule has 6 aromatic rings. The van der Waals surface area contributed by atoms with Crippen LogP contribution in [0.5, 0.6) is 11.8 Å². The number of pyridine rings is 1. The Balaban J connectivity index is 0.694. The number of hydrogen-bond acceptors (Lipinski definition) is 15. The van der Waals surface area contributed by atoms with Crippen LogP contribution in [-0.4, -0.2) is 142 Å². The zero-order valence-electron chi connectivity index (χ0n) is 41.9. The molecule has 10 rings (SSSR count). The zero-order chi connectivity index (χ0) is 52.4. The summed E-state index contributed by atoms with van der Waals surface area (Å²) in [6.45, 7) is 5.35. The minimum absolute atomic E-state index is 0.00702. The van der Waals surface area contributed by atoms with Crippen molar-refractivity contribution in [3.05, 3.63) is 82.4 Å². The molecule has 3 aromatic carbocycles. The molecule has 3 amide bonds. The molecule has 0 bridgehead atoms. The second-order valence-corrected chi connectivity index (χ2v) is 19.9. The maximum Gasteiger partial charge on any atom is 0.407 e. The Morgan fingerprint density at radius 3 is 2.59 bits per heavy atom. The number of ether oxygens (including phenoxy) is 5. The van der Waals surface area contributed by atoms with Gasteiger partial charge >= 0.3 is 17.8 Å². The highest BCUT2D eigenvalue weighted by atomic mass is 19.1. The number of hydrogen-bond donors (Lipinski definition) is 3. The van der Waals surface area contributed by atoms with Gasteiger partial charge in [-0.15, -0.1) is 6.42 Å². The van der Waals surface area contributed by atoms with E-state index in [9.17, 15) is 28.7 Å². The number of imidazole rings is 1. The predicted octanol–water partition coefficient (Wildman–Crippen LogP) is 5.30. The van der Waals surface area contributed by atoms with Crippen LogP contribution in [0.2, 0.25) is 0 Å². The van der Waals surface area contributed by atoms with Crippen molar-refractivity contribution in [2.45, 2.75) is 81.5 Å². The van der Waals surface area contributed by atoms with E-state index in [4.69, 9.17) is 35.1 Å². The van der Waals surface area contributed by atoms with Gasteiger partial charge in [-0.05, 0) is 82.0 Å². The highest BCUT2D eigenvalue weighted by Gasteiger charge is 2.50. The summed E-state index contributed by atoms with van der Waals surface area (Å²) in [6, 6.07) is 12.4. The van der Waals surface area contributed by atoms with Gasteiger partial charge in [-0.25, -0.2) is 18.4 Å². The number of benzene rings is 3.